The summed E-state index contributed by atoms with van der Waals surface area (Å²) in [5.41, 5.74) is 5.49. The Bertz CT molecular complexity index is 885. The van der Waals surface area contributed by atoms with E-state index in [9.17, 15) is 9.59 Å². The van der Waals surface area contributed by atoms with Crippen molar-refractivity contribution >= 4 is 17.5 Å². The van der Waals surface area contributed by atoms with E-state index in [4.69, 9.17) is 0 Å². The van der Waals surface area contributed by atoms with Gasteiger partial charge in [0.25, 0.3) is 5.91 Å². The van der Waals surface area contributed by atoms with Crippen molar-refractivity contribution < 1.29 is 9.59 Å². The van der Waals surface area contributed by atoms with Crippen LogP contribution in [0.4, 0.5) is 5.69 Å². The number of amides is 2. The first kappa shape index (κ1) is 17.6. The van der Waals surface area contributed by atoms with Gasteiger partial charge in [0, 0.05) is 37.4 Å². The Balaban J connectivity index is 1.38. The summed E-state index contributed by atoms with van der Waals surface area (Å²) in [6.07, 6.45) is 0.326. The SMILES string of the molecule is Cc1cccc(N2CCN(C(=O)C[C@@H]3NC(=O)c4ccccc43)CC2)c1C. The topological polar surface area (TPSA) is 52.6 Å². The molecule has 2 amide bonds. The largest absolute Gasteiger partial charge is 0.368 e. The molecule has 27 heavy (non-hydrogen) atoms. The van der Waals surface area contributed by atoms with Gasteiger partial charge in [0.05, 0.1) is 12.5 Å². The summed E-state index contributed by atoms with van der Waals surface area (Å²) in [5.74, 6) is 0.0285. The standard InChI is InChI=1S/C22H25N3O2/c1-15-6-5-9-20(16(15)2)24-10-12-25(13-11-24)21(26)14-19-17-7-3-4-8-18(17)22(27)23-19/h3-9,19H,10-14H2,1-2H3,(H,23,27)/t19-/m0/s1. The molecule has 2 aliphatic heterocycles. The third kappa shape index (κ3) is 3.29. The molecule has 0 bridgehead atoms. The van der Waals surface area contributed by atoms with Crippen LogP contribution in [0.2, 0.25) is 0 Å². The highest BCUT2D eigenvalue weighted by atomic mass is 16.2. The maximum atomic E-state index is 12.8. The molecule has 1 N–H and O–H groups in total. The summed E-state index contributed by atoms with van der Waals surface area (Å²) in [6.45, 7) is 7.39. The van der Waals surface area contributed by atoms with Crippen molar-refractivity contribution in [2.45, 2.75) is 26.3 Å². The summed E-state index contributed by atoms with van der Waals surface area (Å²) >= 11 is 0. The number of benzene rings is 2. The number of aryl methyl sites for hydroxylation is 1. The monoisotopic (exact) mass is 363 g/mol. The number of nitrogens with zero attached hydrogens (tertiary/aromatic N) is 2. The van der Waals surface area contributed by atoms with E-state index in [1.165, 1.54) is 16.8 Å². The van der Waals surface area contributed by atoms with Crippen molar-refractivity contribution in [1.82, 2.24) is 10.2 Å². The molecular weight excluding hydrogens is 338 g/mol. The molecule has 0 aliphatic carbocycles. The molecule has 4 rings (SSSR count). The third-order valence-electron chi connectivity index (χ3n) is 5.81. The lowest BCUT2D eigenvalue weighted by atomic mass is 10.0. The molecule has 1 saturated heterocycles. The summed E-state index contributed by atoms with van der Waals surface area (Å²) in [6, 6.07) is 13.7. The van der Waals surface area contributed by atoms with Gasteiger partial charge in [0.15, 0.2) is 0 Å². The zero-order valence-corrected chi connectivity index (χ0v) is 15.9. The van der Waals surface area contributed by atoms with Crippen molar-refractivity contribution in [3.8, 4) is 0 Å². The van der Waals surface area contributed by atoms with Gasteiger partial charge in [-0.05, 0) is 42.7 Å². The van der Waals surface area contributed by atoms with E-state index in [2.05, 4.69) is 42.3 Å². The Kier molecular flexibility index (Phi) is 4.60. The highest BCUT2D eigenvalue weighted by molar-refractivity contribution is 5.99. The van der Waals surface area contributed by atoms with E-state index in [1.807, 2.05) is 29.2 Å². The quantitative estimate of drug-likeness (QED) is 0.912. The van der Waals surface area contributed by atoms with Gasteiger partial charge in [-0.3, -0.25) is 9.59 Å². The first-order chi connectivity index (χ1) is 13.0. The molecule has 0 unspecified atom stereocenters. The predicted molar refractivity (Wildman–Crippen MR) is 106 cm³/mol. The minimum atomic E-state index is -0.210. The van der Waals surface area contributed by atoms with Crippen LogP contribution in [0.3, 0.4) is 0 Å². The second-order valence-corrected chi connectivity index (χ2v) is 7.40. The lowest BCUT2D eigenvalue weighted by molar-refractivity contribution is -0.132. The summed E-state index contributed by atoms with van der Waals surface area (Å²) in [5, 5.41) is 2.94. The number of hydrogen-bond acceptors (Lipinski definition) is 3. The van der Waals surface area contributed by atoms with Gasteiger partial charge in [-0.2, -0.15) is 0 Å². The Morgan fingerprint density at radius 2 is 1.78 bits per heavy atom. The van der Waals surface area contributed by atoms with Crippen molar-refractivity contribution in [2.75, 3.05) is 31.1 Å². The number of anilines is 1. The lowest BCUT2D eigenvalue weighted by Crippen LogP contribution is -2.49. The van der Waals surface area contributed by atoms with Crippen LogP contribution in [-0.2, 0) is 4.79 Å². The number of piperazine rings is 1. The fourth-order valence-electron chi connectivity index (χ4n) is 4.06. The maximum Gasteiger partial charge on any atom is 0.252 e. The Morgan fingerprint density at radius 1 is 1.04 bits per heavy atom. The average Bonchev–Trinajstić information content (AvgIpc) is 3.00. The van der Waals surface area contributed by atoms with Gasteiger partial charge < -0.3 is 15.1 Å². The van der Waals surface area contributed by atoms with Gasteiger partial charge >= 0.3 is 0 Å². The van der Waals surface area contributed by atoms with Crippen LogP contribution in [0, 0.1) is 13.8 Å². The molecule has 2 aromatic carbocycles. The number of carbonyl (C=O) groups is 2. The Morgan fingerprint density at radius 3 is 2.56 bits per heavy atom. The highest BCUT2D eigenvalue weighted by Crippen LogP contribution is 2.29. The van der Waals surface area contributed by atoms with Crippen LogP contribution in [0.5, 0.6) is 0 Å². The smallest absolute Gasteiger partial charge is 0.252 e. The fraction of sp³-hybridized carbons (Fsp3) is 0.364. The second-order valence-electron chi connectivity index (χ2n) is 7.40. The lowest BCUT2D eigenvalue weighted by Gasteiger charge is -2.37. The molecular formula is C22H25N3O2. The van der Waals surface area contributed by atoms with E-state index in [1.54, 1.807) is 0 Å². The summed E-state index contributed by atoms with van der Waals surface area (Å²) in [7, 11) is 0. The zero-order chi connectivity index (χ0) is 19.0. The Labute approximate surface area is 160 Å². The molecule has 0 aromatic heterocycles. The van der Waals surface area contributed by atoms with Crippen LogP contribution >= 0.6 is 0 Å². The van der Waals surface area contributed by atoms with Gasteiger partial charge in [-0.25, -0.2) is 0 Å². The first-order valence-corrected chi connectivity index (χ1v) is 9.53. The van der Waals surface area contributed by atoms with E-state index >= 15 is 0 Å². The molecule has 2 aliphatic rings. The molecule has 2 aromatic rings. The van der Waals surface area contributed by atoms with Crippen molar-refractivity contribution in [3.05, 3.63) is 64.7 Å². The first-order valence-electron chi connectivity index (χ1n) is 9.53. The van der Waals surface area contributed by atoms with Gasteiger partial charge in [0.2, 0.25) is 5.91 Å². The normalized spacial score (nSPS) is 19.0. The van der Waals surface area contributed by atoms with E-state index in [0.29, 0.717) is 25.1 Å². The molecule has 0 saturated carbocycles. The van der Waals surface area contributed by atoms with Gasteiger partial charge in [0.1, 0.15) is 0 Å². The highest BCUT2D eigenvalue weighted by Gasteiger charge is 2.31. The number of fused-ring (bicyclic) bond motifs is 1. The van der Waals surface area contributed by atoms with Gasteiger partial charge in [-0.15, -0.1) is 0 Å². The third-order valence-corrected chi connectivity index (χ3v) is 5.81. The van der Waals surface area contributed by atoms with Crippen LogP contribution in [-0.4, -0.2) is 42.9 Å². The number of carbonyl (C=O) groups excluding carboxylic acids is 2. The van der Waals surface area contributed by atoms with Crippen LogP contribution in [0.25, 0.3) is 0 Å². The van der Waals surface area contributed by atoms with Gasteiger partial charge in [-0.1, -0.05) is 30.3 Å². The van der Waals surface area contributed by atoms with Crippen molar-refractivity contribution in [1.29, 1.82) is 0 Å². The molecule has 5 nitrogen and oxygen atoms in total. The molecule has 140 valence electrons. The molecule has 0 radical (unpaired) electrons. The number of rotatable bonds is 3. The van der Waals surface area contributed by atoms with E-state index in [0.717, 1.165) is 18.7 Å². The average molecular weight is 363 g/mol. The van der Waals surface area contributed by atoms with E-state index in [-0.39, 0.29) is 17.9 Å². The summed E-state index contributed by atoms with van der Waals surface area (Å²) < 4.78 is 0. The Hall–Kier alpha value is -2.82. The molecule has 1 fully saturated rings. The molecule has 5 heteroatoms. The van der Waals surface area contributed by atoms with Crippen LogP contribution < -0.4 is 10.2 Å². The molecule has 0 spiro atoms. The summed E-state index contributed by atoms with van der Waals surface area (Å²) in [4.78, 5) is 29.1. The minimum absolute atomic E-state index is 0.0804. The predicted octanol–water partition coefficient (Wildman–Crippen LogP) is 2.83. The number of hydrogen-bond donors (Lipinski definition) is 1. The second kappa shape index (κ2) is 7.06. The zero-order valence-electron chi connectivity index (χ0n) is 15.9. The van der Waals surface area contributed by atoms with Crippen molar-refractivity contribution in [3.63, 3.8) is 0 Å². The van der Waals surface area contributed by atoms with Crippen LogP contribution in [0.1, 0.15) is 39.5 Å². The van der Waals surface area contributed by atoms with Crippen LogP contribution in [0.15, 0.2) is 42.5 Å². The minimum Gasteiger partial charge on any atom is -0.368 e. The van der Waals surface area contributed by atoms with E-state index < -0.39 is 0 Å². The van der Waals surface area contributed by atoms with Crippen molar-refractivity contribution in [2.24, 2.45) is 0 Å². The fourth-order valence-corrected chi connectivity index (χ4v) is 4.06. The molecule has 2 heterocycles. The maximum absolute atomic E-state index is 12.8. The molecule has 1 atom stereocenters. The number of nitrogens with one attached hydrogen (secondary N) is 1.